The van der Waals surface area contributed by atoms with Crippen LogP contribution in [0.1, 0.15) is 39.7 Å². The van der Waals surface area contributed by atoms with Crippen molar-refractivity contribution in [3.8, 4) is 0 Å². The molecule has 0 saturated carbocycles. The molecule has 2 unspecified atom stereocenters. The van der Waals surface area contributed by atoms with E-state index in [2.05, 4.69) is 4.72 Å². The molecule has 22 heavy (non-hydrogen) atoms. The zero-order valence-corrected chi connectivity index (χ0v) is 13.8. The first kappa shape index (κ1) is 18.8. The molecular formula is C15H20F3NO2S. The van der Waals surface area contributed by atoms with E-state index in [0.29, 0.717) is 6.07 Å². The van der Waals surface area contributed by atoms with Crippen molar-refractivity contribution in [1.82, 2.24) is 4.72 Å². The Kier molecular flexibility index (Phi) is 6.31. The molecule has 1 N–H and O–H groups in total. The lowest BCUT2D eigenvalue weighted by Gasteiger charge is -2.24. The number of benzene rings is 1. The van der Waals surface area contributed by atoms with Gasteiger partial charge in [-0.3, -0.25) is 4.79 Å². The van der Waals surface area contributed by atoms with Crippen molar-refractivity contribution in [2.24, 2.45) is 0 Å². The average molecular weight is 335 g/mol. The molecule has 0 amide bonds. The molecule has 0 saturated heterocycles. The fourth-order valence-corrected chi connectivity index (χ4v) is 2.64. The molecule has 0 heterocycles. The van der Waals surface area contributed by atoms with Crippen molar-refractivity contribution in [1.29, 1.82) is 0 Å². The summed E-state index contributed by atoms with van der Waals surface area (Å²) >= 11 is 0. The first-order valence-corrected chi connectivity index (χ1v) is 7.96. The molecule has 0 aromatic heterocycles. The average Bonchev–Trinajstić information content (AvgIpc) is 2.33. The molecule has 3 nitrogen and oxygen atoms in total. The first-order chi connectivity index (χ1) is 10.0. The fraction of sp³-hybridized carbons (Fsp3) is 0.533. The maximum Gasteiger partial charge on any atom is 0.161 e. The Labute approximate surface area is 130 Å². The van der Waals surface area contributed by atoms with Crippen molar-refractivity contribution in [3.63, 3.8) is 0 Å². The third-order valence-electron chi connectivity index (χ3n) is 2.92. The Balaban J connectivity index is 2.97. The summed E-state index contributed by atoms with van der Waals surface area (Å²) in [6, 6.07) is 0.604. The third-order valence-corrected chi connectivity index (χ3v) is 4.58. The van der Waals surface area contributed by atoms with Crippen LogP contribution in [0.2, 0.25) is 0 Å². The van der Waals surface area contributed by atoms with Crippen LogP contribution in [0.25, 0.3) is 0 Å². The van der Waals surface area contributed by atoms with Gasteiger partial charge in [-0.2, -0.15) is 0 Å². The molecular weight excluding hydrogens is 315 g/mol. The van der Waals surface area contributed by atoms with Crippen LogP contribution >= 0.6 is 0 Å². The number of carbonyl (C=O) groups is 1. The van der Waals surface area contributed by atoms with Crippen LogP contribution in [0, 0.1) is 17.5 Å². The minimum atomic E-state index is -1.47. The summed E-state index contributed by atoms with van der Waals surface area (Å²) in [7, 11) is -1.47. The van der Waals surface area contributed by atoms with Gasteiger partial charge in [0.2, 0.25) is 0 Å². The van der Waals surface area contributed by atoms with Crippen molar-refractivity contribution in [3.05, 3.63) is 35.1 Å². The van der Waals surface area contributed by atoms with Gasteiger partial charge in [-0.1, -0.05) is 0 Å². The van der Waals surface area contributed by atoms with Crippen molar-refractivity contribution >= 4 is 16.8 Å². The van der Waals surface area contributed by atoms with Gasteiger partial charge in [0.15, 0.2) is 11.6 Å². The van der Waals surface area contributed by atoms with Crippen LogP contribution < -0.4 is 4.72 Å². The molecule has 0 radical (unpaired) electrons. The Morgan fingerprint density at radius 2 is 1.73 bits per heavy atom. The third kappa shape index (κ3) is 5.53. The van der Waals surface area contributed by atoms with E-state index in [4.69, 9.17) is 0 Å². The van der Waals surface area contributed by atoms with Gasteiger partial charge in [0.25, 0.3) is 0 Å². The number of nitrogens with one attached hydrogen (secondary N) is 1. The lowest BCUT2D eigenvalue weighted by molar-refractivity contribution is -0.117. The normalized spacial score (nSPS) is 14.7. The summed E-state index contributed by atoms with van der Waals surface area (Å²) in [5, 5.41) is 0. The van der Waals surface area contributed by atoms with E-state index in [0.717, 1.165) is 6.07 Å². The number of hydrogen-bond acceptors (Lipinski definition) is 2. The predicted octanol–water partition coefficient (Wildman–Crippen LogP) is 3.05. The van der Waals surface area contributed by atoms with Gasteiger partial charge in [-0.05, 0) is 45.7 Å². The number of hydrogen-bond donors (Lipinski definition) is 1. The molecule has 0 aliphatic carbocycles. The number of ketones is 1. The van der Waals surface area contributed by atoms with E-state index in [1.54, 1.807) is 20.8 Å². The molecule has 2 atom stereocenters. The monoisotopic (exact) mass is 335 g/mol. The molecule has 1 aromatic carbocycles. The largest absolute Gasteiger partial charge is 0.300 e. The van der Waals surface area contributed by atoms with Gasteiger partial charge in [-0.25, -0.2) is 22.1 Å². The molecule has 124 valence electrons. The molecule has 0 aliphatic rings. The van der Waals surface area contributed by atoms with E-state index in [1.807, 2.05) is 0 Å². The fourth-order valence-electron chi connectivity index (χ4n) is 1.82. The number of Topliss-reactive ketones (excluding diaryl/α,β-unsaturated/α-hetero) is 1. The Morgan fingerprint density at radius 1 is 1.18 bits per heavy atom. The molecule has 0 fully saturated rings. The van der Waals surface area contributed by atoms with E-state index < -0.39 is 39.2 Å². The highest BCUT2D eigenvalue weighted by molar-refractivity contribution is 7.84. The summed E-state index contributed by atoms with van der Waals surface area (Å²) < 4.78 is 54.2. The second-order valence-electron chi connectivity index (χ2n) is 6.16. The van der Waals surface area contributed by atoms with E-state index in [9.17, 15) is 22.2 Å². The molecule has 0 spiro atoms. The lowest BCUT2D eigenvalue weighted by Crippen LogP contribution is -2.41. The van der Waals surface area contributed by atoms with Crippen molar-refractivity contribution < 1.29 is 22.2 Å². The number of halogens is 3. The van der Waals surface area contributed by atoms with Crippen LogP contribution in [-0.2, 0) is 22.2 Å². The van der Waals surface area contributed by atoms with Gasteiger partial charge in [0, 0.05) is 18.5 Å². The van der Waals surface area contributed by atoms with Gasteiger partial charge in [-0.15, -0.1) is 0 Å². The summed E-state index contributed by atoms with van der Waals surface area (Å²) in [4.78, 5) is 11.3. The van der Waals surface area contributed by atoms with Crippen LogP contribution in [0.5, 0.6) is 0 Å². The summed E-state index contributed by atoms with van der Waals surface area (Å²) in [5.41, 5.74) is -0.0661. The van der Waals surface area contributed by atoms with Gasteiger partial charge in [0.05, 0.1) is 15.7 Å². The Bertz CT molecular complexity index is 585. The summed E-state index contributed by atoms with van der Waals surface area (Å²) in [6.07, 6.45) is -0.0509. The number of rotatable bonds is 6. The highest BCUT2D eigenvalue weighted by atomic mass is 32.2. The Morgan fingerprint density at radius 3 is 2.23 bits per heavy atom. The molecule has 1 rings (SSSR count). The smallest absolute Gasteiger partial charge is 0.161 e. The minimum absolute atomic E-state index is 0.0141. The van der Waals surface area contributed by atoms with Crippen LogP contribution in [0.15, 0.2) is 12.1 Å². The second kappa shape index (κ2) is 7.37. The predicted molar refractivity (Wildman–Crippen MR) is 80.1 cm³/mol. The zero-order valence-electron chi connectivity index (χ0n) is 13.0. The van der Waals surface area contributed by atoms with Crippen LogP contribution in [0.4, 0.5) is 13.2 Å². The van der Waals surface area contributed by atoms with E-state index in [-0.39, 0.29) is 24.2 Å². The maximum absolute atomic E-state index is 13.7. The van der Waals surface area contributed by atoms with E-state index >= 15 is 0 Å². The SMILES string of the molecule is CC(=O)CC(Cc1cc(F)c(F)cc1F)NS(=O)C(C)(C)C. The molecule has 7 heteroatoms. The molecule has 0 bridgehead atoms. The van der Waals surface area contributed by atoms with Crippen LogP contribution in [-0.4, -0.2) is 20.8 Å². The standard InChI is InChI=1S/C15H20F3NO2S/c1-9(20)5-11(19-22(21)15(2,3)4)6-10-7-13(17)14(18)8-12(10)16/h7-8,11,19H,5-6H2,1-4H3. The topological polar surface area (TPSA) is 46.2 Å². The second-order valence-corrected chi connectivity index (χ2v) is 8.16. The first-order valence-electron chi connectivity index (χ1n) is 6.81. The van der Waals surface area contributed by atoms with Gasteiger partial charge < -0.3 is 0 Å². The van der Waals surface area contributed by atoms with Gasteiger partial charge in [0.1, 0.15) is 11.6 Å². The minimum Gasteiger partial charge on any atom is -0.300 e. The zero-order chi connectivity index (χ0) is 17.1. The Hall–Kier alpha value is -1.21. The highest BCUT2D eigenvalue weighted by Gasteiger charge is 2.24. The highest BCUT2D eigenvalue weighted by Crippen LogP contribution is 2.18. The molecule has 0 aliphatic heterocycles. The maximum atomic E-state index is 13.7. The van der Waals surface area contributed by atoms with Crippen LogP contribution in [0.3, 0.4) is 0 Å². The summed E-state index contributed by atoms with van der Waals surface area (Å²) in [6.45, 7) is 6.60. The quantitative estimate of drug-likeness (QED) is 0.812. The number of carbonyl (C=O) groups excluding carboxylic acids is 1. The van der Waals surface area contributed by atoms with Crippen molar-refractivity contribution in [2.75, 3.05) is 0 Å². The van der Waals surface area contributed by atoms with Gasteiger partial charge >= 0.3 is 0 Å². The summed E-state index contributed by atoms with van der Waals surface area (Å²) in [5.74, 6) is -3.49. The van der Waals surface area contributed by atoms with E-state index in [1.165, 1.54) is 6.92 Å². The van der Waals surface area contributed by atoms with Crippen molar-refractivity contribution in [2.45, 2.75) is 51.3 Å². The molecule has 1 aromatic rings. The lowest BCUT2D eigenvalue weighted by atomic mass is 10.0.